The molecule has 4 aromatic rings. The first-order valence-corrected chi connectivity index (χ1v) is 11.8. The standard InChI is InChI=1S/C26H26N4O2S/c1-4-32-22-15-13-21(14-16-22)30-25(20-10-6-5-7-11-20)28-29-26(30)33-17-24(31)27-23-12-8-9-18(2)19(23)3/h5-16H,4,17H2,1-3H3,(H,27,31). The Morgan fingerprint density at radius 2 is 1.73 bits per heavy atom. The van der Waals surface area contributed by atoms with Crippen LogP contribution in [0.25, 0.3) is 17.1 Å². The van der Waals surface area contributed by atoms with Crippen LogP contribution in [-0.2, 0) is 4.79 Å². The van der Waals surface area contributed by atoms with Gasteiger partial charge < -0.3 is 10.1 Å². The van der Waals surface area contributed by atoms with Gasteiger partial charge in [-0.1, -0.05) is 54.2 Å². The molecule has 0 aliphatic carbocycles. The van der Waals surface area contributed by atoms with Crippen LogP contribution in [0.4, 0.5) is 5.69 Å². The van der Waals surface area contributed by atoms with Crippen LogP contribution in [0.1, 0.15) is 18.1 Å². The lowest BCUT2D eigenvalue weighted by atomic mass is 10.1. The molecule has 4 rings (SSSR count). The van der Waals surface area contributed by atoms with Crippen molar-refractivity contribution in [2.24, 2.45) is 0 Å². The molecule has 1 aromatic heterocycles. The molecule has 1 amide bonds. The first-order valence-electron chi connectivity index (χ1n) is 10.8. The van der Waals surface area contributed by atoms with E-state index >= 15 is 0 Å². The molecule has 6 nitrogen and oxygen atoms in total. The summed E-state index contributed by atoms with van der Waals surface area (Å²) < 4.78 is 7.55. The van der Waals surface area contributed by atoms with Gasteiger partial charge in [0.2, 0.25) is 5.91 Å². The molecule has 0 fully saturated rings. The summed E-state index contributed by atoms with van der Waals surface area (Å²) in [5, 5.41) is 12.5. The van der Waals surface area contributed by atoms with Gasteiger partial charge in [-0.15, -0.1) is 10.2 Å². The van der Waals surface area contributed by atoms with Gasteiger partial charge in [-0.2, -0.15) is 0 Å². The van der Waals surface area contributed by atoms with Crippen LogP contribution in [-0.4, -0.2) is 33.0 Å². The highest BCUT2D eigenvalue weighted by atomic mass is 32.2. The minimum Gasteiger partial charge on any atom is -0.494 e. The van der Waals surface area contributed by atoms with Crippen molar-refractivity contribution in [1.82, 2.24) is 14.8 Å². The van der Waals surface area contributed by atoms with Gasteiger partial charge in [-0.05, 0) is 62.2 Å². The number of hydrogen-bond acceptors (Lipinski definition) is 5. The van der Waals surface area contributed by atoms with E-state index in [1.165, 1.54) is 11.8 Å². The van der Waals surface area contributed by atoms with Crippen LogP contribution in [0.5, 0.6) is 5.75 Å². The fourth-order valence-corrected chi connectivity index (χ4v) is 4.18. The van der Waals surface area contributed by atoms with Crippen LogP contribution in [0, 0.1) is 13.8 Å². The number of amides is 1. The predicted octanol–water partition coefficient (Wildman–Crippen LogP) is 5.68. The topological polar surface area (TPSA) is 69.0 Å². The largest absolute Gasteiger partial charge is 0.494 e. The molecule has 0 saturated carbocycles. The molecule has 1 heterocycles. The molecule has 33 heavy (non-hydrogen) atoms. The van der Waals surface area contributed by atoms with E-state index in [9.17, 15) is 4.79 Å². The lowest BCUT2D eigenvalue weighted by Crippen LogP contribution is -2.15. The smallest absolute Gasteiger partial charge is 0.234 e. The van der Waals surface area contributed by atoms with E-state index < -0.39 is 0 Å². The Morgan fingerprint density at radius 3 is 2.45 bits per heavy atom. The van der Waals surface area contributed by atoms with Crippen LogP contribution in [0.15, 0.2) is 78.0 Å². The molecule has 0 radical (unpaired) electrons. The number of hydrogen-bond donors (Lipinski definition) is 1. The van der Waals surface area contributed by atoms with Gasteiger partial charge >= 0.3 is 0 Å². The van der Waals surface area contributed by atoms with Gasteiger partial charge in [0.1, 0.15) is 5.75 Å². The molecule has 0 spiro atoms. The van der Waals surface area contributed by atoms with Crippen LogP contribution in [0.3, 0.4) is 0 Å². The summed E-state index contributed by atoms with van der Waals surface area (Å²) >= 11 is 1.36. The molecule has 0 saturated heterocycles. The van der Waals surface area contributed by atoms with Crippen molar-refractivity contribution in [1.29, 1.82) is 0 Å². The average Bonchev–Trinajstić information content (AvgIpc) is 3.26. The lowest BCUT2D eigenvalue weighted by Gasteiger charge is -2.12. The van der Waals surface area contributed by atoms with E-state index in [-0.39, 0.29) is 11.7 Å². The fourth-order valence-electron chi connectivity index (χ4n) is 3.43. The number of benzene rings is 3. The molecule has 1 N–H and O–H groups in total. The fraction of sp³-hybridized carbons (Fsp3) is 0.192. The van der Waals surface area contributed by atoms with E-state index in [4.69, 9.17) is 4.74 Å². The van der Waals surface area contributed by atoms with Crippen molar-refractivity contribution in [3.8, 4) is 22.8 Å². The molecule has 3 aromatic carbocycles. The minimum absolute atomic E-state index is 0.0868. The zero-order valence-electron chi connectivity index (χ0n) is 18.9. The third kappa shape index (κ3) is 5.26. The molecule has 0 aliphatic rings. The second kappa shape index (κ2) is 10.4. The number of rotatable bonds is 8. The number of aromatic nitrogens is 3. The average molecular weight is 459 g/mol. The highest BCUT2D eigenvalue weighted by molar-refractivity contribution is 7.99. The zero-order valence-corrected chi connectivity index (χ0v) is 19.7. The van der Waals surface area contributed by atoms with E-state index in [1.54, 1.807) is 0 Å². The van der Waals surface area contributed by atoms with Crippen molar-refractivity contribution in [3.05, 3.63) is 83.9 Å². The van der Waals surface area contributed by atoms with E-state index in [1.807, 2.05) is 98.1 Å². The molecule has 0 unspecified atom stereocenters. The van der Waals surface area contributed by atoms with Gasteiger partial charge in [0.05, 0.1) is 12.4 Å². The number of nitrogens with zero attached hydrogens (tertiary/aromatic N) is 3. The summed E-state index contributed by atoms with van der Waals surface area (Å²) in [5.41, 5.74) is 4.90. The number of carbonyl (C=O) groups is 1. The first kappa shape index (κ1) is 22.6. The Labute approximate surface area is 198 Å². The summed E-state index contributed by atoms with van der Waals surface area (Å²) in [6.45, 7) is 6.61. The van der Waals surface area contributed by atoms with E-state index in [0.717, 1.165) is 39.6 Å². The third-order valence-corrected chi connectivity index (χ3v) is 6.21. The second-order valence-electron chi connectivity index (χ2n) is 7.52. The van der Waals surface area contributed by atoms with Crippen molar-refractivity contribution in [2.45, 2.75) is 25.9 Å². The molecule has 168 valence electrons. The monoisotopic (exact) mass is 458 g/mol. The number of anilines is 1. The summed E-state index contributed by atoms with van der Waals surface area (Å²) in [7, 11) is 0. The summed E-state index contributed by atoms with van der Waals surface area (Å²) in [4.78, 5) is 12.7. The molecule has 0 aliphatic heterocycles. The summed E-state index contributed by atoms with van der Waals surface area (Å²) in [5.74, 6) is 1.66. The van der Waals surface area contributed by atoms with Gasteiger partial charge in [-0.3, -0.25) is 9.36 Å². The molecular formula is C26H26N4O2S. The molecular weight excluding hydrogens is 432 g/mol. The van der Waals surface area contributed by atoms with Gasteiger partial charge in [0, 0.05) is 16.9 Å². The third-order valence-electron chi connectivity index (χ3n) is 5.28. The number of ether oxygens (including phenoxy) is 1. The Kier molecular flexibility index (Phi) is 7.10. The van der Waals surface area contributed by atoms with Gasteiger partial charge in [0.15, 0.2) is 11.0 Å². The number of thioether (sulfide) groups is 1. The number of aryl methyl sites for hydroxylation is 1. The molecule has 0 atom stereocenters. The maximum atomic E-state index is 12.7. The zero-order chi connectivity index (χ0) is 23.2. The minimum atomic E-state index is -0.0868. The Bertz CT molecular complexity index is 1240. The van der Waals surface area contributed by atoms with Crippen LogP contribution < -0.4 is 10.1 Å². The second-order valence-corrected chi connectivity index (χ2v) is 8.46. The number of nitrogens with one attached hydrogen (secondary N) is 1. The maximum absolute atomic E-state index is 12.7. The maximum Gasteiger partial charge on any atom is 0.234 e. The first-order chi connectivity index (χ1) is 16.1. The number of carbonyl (C=O) groups excluding carboxylic acids is 1. The SMILES string of the molecule is CCOc1ccc(-n2c(SCC(=O)Nc3cccc(C)c3C)nnc2-c2ccccc2)cc1. The van der Waals surface area contributed by atoms with E-state index in [0.29, 0.717) is 11.8 Å². The molecule has 7 heteroatoms. The van der Waals surface area contributed by atoms with Crippen molar-refractivity contribution in [3.63, 3.8) is 0 Å². The Hall–Kier alpha value is -3.58. The summed E-state index contributed by atoms with van der Waals surface area (Å²) in [6, 6.07) is 23.6. The summed E-state index contributed by atoms with van der Waals surface area (Å²) in [6.07, 6.45) is 0. The Morgan fingerprint density at radius 1 is 0.970 bits per heavy atom. The lowest BCUT2D eigenvalue weighted by molar-refractivity contribution is -0.113. The normalized spacial score (nSPS) is 10.8. The van der Waals surface area contributed by atoms with Crippen LogP contribution >= 0.6 is 11.8 Å². The van der Waals surface area contributed by atoms with Gasteiger partial charge in [0.25, 0.3) is 0 Å². The van der Waals surface area contributed by atoms with Crippen LogP contribution in [0.2, 0.25) is 0 Å². The highest BCUT2D eigenvalue weighted by Crippen LogP contribution is 2.29. The highest BCUT2D eigenvalue weighted by Gasteiger charge is 2.17. The van der Waals surface area contributed by atoms with Crippen molar-refractivity contribution < 1.29 is 9.53 Å². The van der Waals surface area contributed by atoms with Crippen molar-refractivity contribution >= 4 is 23.4 Å². The van der Waals surface area contributed by atoms with Gasteiger partial charge in [-0.25, -0.2) is 0 Å². The van der Waals surface area contributed by atoms with Crippen molar-refractivity contribution in [2.75, 3.05) is 17.7 Å². The van der Waals surface area contributed by atoms with E-state index in [2.05, 4.69) is 15.5 Å². The molecule has 0 bridgehead atoms. The predicted molar refractivity (Wildman–Crippen MR) is 133 cm³/mol. The quantitative estimate of drug-likeness (QED) is 0.344. The Balaban J connectivity index is 1.59.